The summed E-state index contributed by atoms with van der Waals surface area (Å²) < 4.78 is 44.5. The van der Waals surface area contributed by atoms with Gasteiger partial charge < -0.3 is 10.1 Å². The van der Waals surface area contributed by atoms with Crippen LogP contribution in [0.1, 0.15) is 11.1 Å². The van der Waals surface area contributed by atoms with Gasteiger partial charge in [-0.05, 0) is 42.5 Å². The lowest BCUT2D eigenvalue weighted by molar-refractivity contribution is -0.137. The zero-order valence-corrected chi connectivity index (χ0v) is 15.2. The molecule has 2 aromatic rings. The Hall–Kier alpha value is -1.93. The van der Waals surface area contributed by atoms with Gasteiger partial charge in [0.25, 0.3) is 5.91 Å². The first-order chi connectivity index (χ1) is 11.8. The molecule has 1 N–H and O–H groups in total. The maximum Gasteiger partial charge on any atom is 0.416 e. The number of ether oxygens (including phenoxy) is 1. The van der Waals surface area contributed by atoms with Crippen LogP contribution >= 0.6 is 27.7 Å². The molecule has 0 fully saturated rings. The fourth-order valence-corrected chi connectivity index (χ4v) is 3.60. The van der Waals surface area contributed by atoms with Crippen LogP contribution in [0.3, 0.4) is 0 Å². The van der Waals surface area contributed by atoms with Gasteiger partial charge in [-0.2, -0.15) is 13.2 Å². The zero-order chi connectivity index (χ0) is 18.2. The van der Waals surface area contributed by atoms with Crippen molar-refractivity contribution in [2.45, 2.75) is 11.1 Å². The summed E-state index contributed by atoms with van der Waals surface area (Å²) in [6.07, 6.45) is -2.81. The van der Waals surface area contributed by atoms with Crippen LogP contribution < -0.4 is 10.1 Å². The normalized spacial score (nSPS) is 15.7. The number of alkyl halides is 3. The van der Waals surface area contributed by atoms with E-state index in [0.29, 0.717) is 21.1 Å². The zero-order valence-electron chi connectivity index (χ0n) is 12.8. The Bertz CT molecular complexity index is 881. The minimum absolute atomic E-state index is 0.156. The van der Waals surface area contributed by atoms with Crippen LogP contribution in [0.25, 0.3) is 6.08 Å². The largest absolute Gasteiger partial charge is 0.496 e. The summed E-state index contributed by atoms with van der Waals surface area (Å²) in [5.74, 6) is 0.126. The molecule has 0 spiro atoms. The van der Waals surface area contributed by atoms with Gasteiger partial charge in [-0.25, -0.2) is 0 Å². The van der Waals surface area contributed by atoms with E-state index in [0.717, 1.165) is 28.4 Å². The number of benzene rings is 2. The summed E-state index contributed by atoms with van der Waals surface area (Å²) in [6, 6.07) is 8.65. The van der Waals surface area contributed by atoms with E-state index in [1.165, 1.54) is 13.2 Å². The third kappa shape index (κ3) is 3.85. The summed E-state index contributed by atoms with van der Waals surface area (Å²) in [7, 11) is 1.52. The Labute approximate surface area is 154 Å². The van der Waals surface area contributed by atoms with Gasteiger partial charge in [0.15, 0.2) is 0 Å². The van der Waals surface area contributed by atoms with Gasteiger partial charge in [0.2, 0.25) is 0 Å². The lowest BCUT2D eigenvalue weighted by atomic mass is 10.1. The fourth-order valence-electron chi connectivity index (χ4n) is 2.30. The number of anilines is 1. The number of hydrogen-bond donors (Lipinski definition) is 1. The van der Waals surface area contributed by atoms with Crippen molar-refractivity contribution in [1.29, 1.82) is 0 Å². The predicted octanol–water partition coefficient (Wildman–Crippen LogP) is 5.56. The summed E-state index contributed by atoms with van der Waals surface area (Å²) >= 11 is 4.47. The Morgan fingerprint density at radius 3 is 2.64 bits per heavy atom. The molecule has 0 saturated heterocycles. The Morgan fingerprint density at radius 2 is 1.96 bits per heavy atom. The van der Waals surface area contributed by atoms with Gasteiger partial charge >= 0.3 is 6.18 Å². The van der Waals surface area contributed by atoms with E-state index in [1.807, 2.05) is 6.07 Å². The van der Waals surface area contributed by atoms with Crippen LogP contribution in [0.5, 0.6) is 5.75 Å². The predicted molar refractivity (Wildman–Crippen MR) is 94.6 cm³/mol. The molecule has 0 atom stereocenters. The standard InChI is InChI=1S/C17H11BrF3NO2S/c1-24-13-4-3-11(18)6-9(13)7-15-16(23)22-12-8-10(17(19,20)21)2-5-14(12)25-15/h2-8H,1H3,(H,22,23)/b15-7-. The molecule has 3 nitrogen and oxygen atoms in total. The molecule has 0 saturated carbocycles. The number of fused-ring (bicyclic) bond motifs is 1. The average Bonchev–Trinajstić information content (AvgIpc) is 2.54. The van der Waals surface area contributed by atoms with Gasteiger partial charge in [0, 0.05) is 14.9 Å². The molecule has 3 rings (SSSR count). The van der Waals surface area contributed by atoms with Gasteiger partial charge in [0.1, 0.15) is 5.75 Å². The van der Waals surface area contributed by atoms with Gasteiger partial charge in [-0.3, -0.25) is 4.79 Å². The molecule has 1 heterocycles. The smallest absolute Gasteiger partial charge is 0.416 e. The minimum atomic E-state index is -4.45. The number of rotatable bonds is 2. The Balaban J connectivity index is 1.97. The number of carbonyl (C=O) groups is 1. The summed E-state index contributed by atoms with van der Waals surface area (Å²) in [6.45, 7) is 0. The average molecular weight is 430 g/mol. The minimum Gasteiger partial charge on any atom is -0.496 e. The first kappa shape index (κ1) is 17.9. The van der Waals surface area contributed by atoms with E-state index < -0.39 is 17.6 Å². The van der Waals surface area contributed by atoms with Crippen molar-refractivity contribution in [1.82, 2.24) is 0 Å². The molecular weight excluding hydrogens is 419 g/mol. The molecule has 25 heavy (non-hydrogen) atoms. The second-order valence-electron chi connectivity index (χ2n) is 5.16. The van der Waals surface area contributed by atoms with Gasteiger partial charge in [0.05, 0.1) is 23.3 Å². The summed E-state index contributed by atoms with van der Waals surface area (Å²) in [5, 5.41) is 2.51. The lowest BCUT2D eigenvalue weighted by Crippen LogP contribution is -2.18. The third-order valence-electron chi connectivity index (χ3n) is 3.48. The quantitative estimate of drug-likeness (QED) is 0.634. The number of methoxy groups -OCH3 is 1. The first-order valence-corrected chi connectivity index (χ1v) is 8.64. The Kier molecular flexibility index (Phi) is 4.83. The summed E-state index contributed by atoms with van der Waals surface area (Å²) in [4.78, 5) is 13.2. The molecule has 8 heteroatoms. The molecule has 1 amide bonds. The van der Waals surface area contributed by atoms with E-state index >= 15 is 0 Å². The number of hydrogen-bond acceptors (Lipinski definition) is 3. The van der Waals surface area contributed by atoms with E-state index in [4.69, 9.17) is 4.74 Å². The summed E-state index contributed by atoms with van der Waals surface area (Å²) in [5.41, 5.74) is 0.0429. The second kappa shape index (κ2) is 6.76. The number of amides is 1. The van der Waals surface area contributed by atoms with Crippen LogP contribution in [-0.4, -0.2) is 13.0 Å². The molecular formula is C17H11BrF3NO2S. The third-order valence-corrected chi connectivity index (χ3v) is 5.07. The van der Waals surface area contributed by atoms with Crippen LogP contribution in [0, 0.1) is 0 Å². The molecule has 0 aliphatic carbocycles. The maximum absolute atomic E-state index is 12.8. The molecule has 0 radical (unpaired) electrons. The van der Waals surface area contributed by atoms with Crippen molar-refractivity contribution in [2.24, 2.45) is 0 Å². The molecule has 130 valence electrons. The number of carbonyl (C=O) groups excluding carboxylic acids is 1. The molecule has 1 aliphatic heterocycles. The highest BCUT2D eigenvalue weighted by Crippen LogP contribution is 2.42. The fraction of sp³-hybridized carbons (Fsp3) is 0.118. The topological polar surface area (TPSA) is 38.3 Å². The van der Waals surface area contributed by atoms with Crippen molar-refractivity contribution in [3.63, 3.8) is 0 Å². The lowest BCUT2D eigenvalue weighted by Gasteiger charge is -2.20. The highest BCUT2D eigenvalue weighted by molar-refractivity contribution is 9.10. The maximum atomic E-state index is 12.8. The SMILES string of the molecule is COc1ccc(Br)cc1/C=C1\Sc2ccc(C(F)(F)F)cc2NC1=O. The van der Waals surface area contributed by atoms with E-state index in [1.54, 1.807) is 18.2 Å². The van der Waals surface area contributed by atoms with Crippen LogP contribution in [0.2, 0.25) is 0 Å². The number of thioether (sulfide) groups is 1. The highest BCUT2D eigenvalue weighted by Gasteiger charge is 2.32. The first-order valence-electron chi connectivity index (χ1n) is 7.03. The van der Waals surface area contributed by atoms with E-state index in [-0.39, 0.29) is 5.69 Å². The van der Waals surface area contributed by atoms with E-state index in [2.05, 4.69) is 21.2 Å². The highest BCUT2D eigenvalue weighted by atomic mass is 79.9. The number of nitrogens with one attached hydrogen (secondary N) is 1. The molecule has 0 bridgehead atoms. The second-order valence-corrected chi connectivity index (χ2v) is 7.16. The van der Waals surface area contributed by atoms with Gasteiger partial charge in [-0.15, -0.1) is 0 Å². The van der Waals surface area contributed by atoms with Crippen molar-refractivity contribution in [3.05, 3.63) is 56.9 Å². The van der Waals surface area contributed by atoms with Crippen molar-refractivity contribution in [3.8, 4) is 5.75 Å². The molecule has 0 unspecified atom stereocenters. The van der Waals surface area contributed by atoms with Crippen LogP contribution in [0.15, 0.2) is 50.7 Å². The van der Waals surface area contributed by atoms with E-state index in [9.17, 15) is 18.0 Å². The molecule has 2 aromatic carbocycles. The molecule has 1 aliphatic rings. The van der Waals surface area contributed by atoms with Crippen molar-refractivity contribution >= 4 is 45.4 Å². The van der Waals surface area contributed by atoms with Crippen LogP contribution in [-0.2, 0) is 11.0 Å². The molecule has 0 aromatic heterocycles. The monoisotopic (exact) mass is 429 g/mol. The number of halogens is 4. The van der Waals surface area contributed by atoms with Crippen LogP contribution in [0.4, 0.5) is 18.9 Å². The van der Waals surface area contributed by atoms with Crippen molar-refractivity contribution in [2.75, 3.05) is 12.4 Å². The van der Waals surface area contributed by atoms with Gasteiger partial charge in [-0.1, -0.05) is 27.7 Å². The Morgan fingerprint density at radius 1 is 1.20 bits per heavy atom. The van der Waals surface area contributed by atoms with Crippen molar-refractivity contribution < 1.29 is 22.7 Å².